The number of rotatable bonds is 3. The van der Waals surface area contributed by atoms with Crippen molar-refractivity contribution in [2.45, 2.75) is 24.6 Å². The number of anilines is 1. The van der Waals surface area contributed by atoms with Crippen molar-refractivity contribution in [1.82, 2.24) is 4.98 Å². The molecule has 5 heteroatoms. The van der Waals surface area contributed by atoms with Gasteiger partial charge in [-0.1, -0.05) is 30.3 Å². The largest absolute Gasteiger partial charge is 0.289 e. The second-order valence-electron chi connectivity index (χ2n) is 6.18. The predicted molar refractivity (Wildman–Crippen MR) is 96.3 cm³/mol. The van der Waals surface area contributed by atoms with Crippen LogP contribution in [0.2, 0.25) is 0 Å². The fourth-order valence-corrected chi connectivity index (χ4v) is 6.10. The van der Waals surface area contributed by atoms with E-state index in [1.807, 2.05) is 36.4 Å². The summed E-state index contributed by atoms with van der Waals surface area (Å²) in [6, 6.07) is 13.5. The molecule has 0 saturated carbocycles. The van der Waals surface area contributed by atoms with Gasteiger partial charge in [-0.3, -0.25) is 14.5 Å². The van der Waals surface area contributed by atoms with Crippen LogP contribution in [0.5, 0.6) is 0 Å². The van der Waals surface area contributed by atoms with Crippen LogP contribution in [0.15, 0.2) is 48.7 Å². The molecule has 1 aromatic carbocycles. The number of amides is 1. The summed E-state index contributed by atoms with van der Waals surface area (Å²) in [6.45, 7) is 0.463. The molecule has 24 heavy (non-hydrogen) atoms. The summed E-state index contributed by atoms with van der Waals surface area (Å²) in [5.74, 6) is 2.40. The zero-order chi connectivity index (χ0) is 16.5. The third-order valence-corrected chi connectivity index (χ3v) is 7.32. The molecule has 0 radical (unpaired) electrons. The Labute approximate surface area is 144 Å². The van der Waals surface area contributed by atoms with Gasteiger partial charge in [0.15, 0.2) is 0 Å². The van der Waals surface area contributed by atoms with Crippen molar-refractivity contribution < 1.29 is 9.59 Å². The van der Waals surface area contributed by atoms with Gasteiger partial charge in [0.1, 0.15) is 17.3 Å². The Hall–Kier alpha value is -2.14. The predicted octanol–water partition coefficient (Wildman–Crippen LogP) is 2.59. The van der Waals surface area contributed by atoms with Gasteiger partial charge in [-0.2, -0.15) is 0 Å². The van der Waals surface area contributed by atoms with Gasteiger partial charge >= 0.3 is 0 Å². The molecule has 0 bridgehead atoms. The Morgan fingerprint density at radius 2 is 1.79 bits per heavy atom. The van der Waals surface area contributed by atoms with E-state index < -0.39 is 5.25 Å². The van der Waals surface area contributed by atoms with Gasteiger partial charge in [0.05, 0.1) is 12.1 Å². The second-order valence-corrected chi connectivity index (χ2v) is 8.54. The number of fused-ring (bicyclic) bond motifs is 1. The van der Waals surface area contributed by atoms with Crippen molar-refractivity contribution in [3.8, 4) is 0 Å². The maximum Gasteiger partial charge on any atom is 0.289 e. The van der Waals surface area contributed by atoms with Crippen LogP contribution in [0.1, 0.15) is 28.8 Å². The highest BCUT2D eigenvalue weighted by atomic mass is 32.2. The van der Waals surface area contributed by atoms with E-state index in [1.54, 1.807) is 17.2 Å². The number of Topliss-reactive ketones (excluding diaryl/α,β-unsaturated/α-hetero) is 1. The van der Waals surface area contributed by atoms with E-state index >= 15 is 0 Å². The van der Waals surface area contributed by atoms with E-state index in [9.17, 15) is 9.59 Å². The third-order valence-electron chi connectivity index (χ3n) is 4.62. The average Bonchev–Trinajstić information content (AvgIpc) is 3.14. The number of aromatic nitrogens is 1. The molecule has 3 heterocycles. The first-order valence-electron chi connectivity index (χ1n) is 8.26. The lowest BCUT2D eigenvalue weighted by Crippen LogP contribution is -2.52. The van der Waals surface area contributed by atoms with E-state index in [4.69, 9.17) is 0 Å². The Kier molecular flexibility index (Phi) is 4.10. The van der Waals surface area contributed by atoms with Crippen LogP contribution in [0.25, 0.3) is 0 Å². The minimum atomic E-state index is -0.507. The van der Waals surface area contributed by atoms with Gasteiger partial charge in [-0.25, -0.2) is 4.98 Å². The van der Waals surface area contributed by atoms with Crippen molar-refractivity contribution in [3.63, 3.8) is 0 Å². The number of pyridine rings is 1. The van der Waals surface area contributed by atoms with Gasteiger partial charge in [0.25, 0.3) is 11.2 Å². The molecule has 1 saturated heterocycles. The minimum Gasteiger partial charge on any atom is -0.288 e. The fraction of sp³-hybridized carbons (Fsp3) is 0.316. The lowest BCUT2D eigenvalue weighted by molar-refractivity contribution is -0.117. The Morgan fingerprint density at radius 3 is 2.54 bits per heavy atom. The number of nitrogens with zero attached hydrogens (tertiary/aromatic N) is 2. The number of benzene rings is 1. The summed E-state index contributed by atoms with van der Waals surface area (Å²) in [4.78, 5) is 32.2. The number of carbonyl (C=O) groups excluding carboxylic acids is 2. The first-order valence-corrected chi connectivity index (χ1v) is 9.89. The lowest BCUT2D eigenvalue weighted by atomic mass is 10.0. The van der Waals surface area contributed by atoms with E-state index in [-0.39, 0.29) is 22.6 Å². The SMILES string of the molecule is O=C1c2cccnc2N(Cc2ccccc2)C(=O)C1[S+]1CCCC1. The van der Waals surface area contributed by atoms with Crippen molar-refractivity contribution in [2.75, 3.05) is 16.4 Å². The van der Waals surface area contributed by atoms with Crippen molar-refractivity contribution in [3.05, 3.63) is 59.8 Å². The highest BCUT2D eigenvalue weighted by Gasteiger charge is 2.51. The van der Waals surface area contributed by atoms with Crippen LogP contribution >= 0.6 is 0 Å². The Bertz CT molecular complexity index is 772. The zero-order valence-electron chi connectivity index (χ0n) is 13.4. The minimum absolute atomic E-state index is 0.0300. The molecule has 0 aliphatic carbocycles. The van der Waals surface area contributed by atoms with Crippen LogP contribution in [0, 0.1) is 0 Å². The number of ketones is 1. The van der Waals surface area contributed by atoms with E-state index in [0.717, 1.165) is 29.9 Å². The van der Waals surface area contributed by atoms with Crippen LogP contribution in [0.3, 0.4) is 0 Å². The lowest BCUT2D eigenvalue weighted by Gasteiger charge is -2.30. The maximum absolute atomic E-state index is 13.2. The molecule has 4 nitrogen and oxygen atoms in total. The molecule has 1 aromatic heterocycles. The second kappa shape index (κ2) is 6.40. The maximum atomic E-state index is 13.2. The number of hydrogen-bond acceptors (Lipinski definition) is 3. The highest BCUT2D eigenvalue weighted by Crippen LogP contribution is 2.32. The van der Waals surface area contributed by atoms with Crippen molar-refractivity contribution >= 4 is 28.4 Å². The molecular weight excluding hydrogens is 320 g/mol. The summed E-state index contributed by atoms with van der Waals surface area (Å²) >= 11 is 0. The summed E-state index contributed by atoms with van der Waals surface area (Å²) in [6.07, 6.45) is 3.90. The standard InChI is InChI=1S/C19H19N2O2S/c22-16-15-9-6-10-20-18(15)21(13-14-7-2-1-3-8-14)19(23)17(16)24-11-4-5-12-24/h1-3,6-10,17H,4-5,11-13H2/q+1. The zero-order valence-corrected chi connectivity index (χ0v) is 14.2. The first kappa shape index (κ1) is 15.4. The van der Waals surface area contributed by atoms with Gasteiger partial charge in [0, 0.05) is 17.1 Å². The molecule has 2 aromatic rings. The normalized spacial score (nSPS) is 21.2. The molecule has 1 amide bonds. The fourth-order valence-electron chi connectivity index (χ4n) is 3.43. The quantitative estimate of drug-likeness (QED) is 0.638. The van der Waals surface area contributed by atoms with Crippen molar-refractivity contribution in [2.24, 2.45) is 0 Å². The molecular formula is C19H19N2O2S+. The molecule has 2 aliphatic heterocycles. The smallest absolute Gasteiger partial charge is 0.288 e. The molecule has 2 aliphatic rings. The van der Waals surface area contributed by atoms with Crippen molar-refractivity contribution in [1.29, 1.82) is 0 Å². The van der Waals surface area contributed by atoms with Crippen LogP contribution in [0.4, 0.5) is 5.82 Å². The van der Waals surface area contributed by atoms with E-state index in [2.05, 4.69) is 4.98 Å². The van der Waals surface area contributed by atoms with E-state index in [1.165, 1.54) is 0 Å². The van der Waals surface area contributed by atoms with E-state index in [0.29, 0.717) is 17.9 Å². The van der Waals surface area contributed by atoms with Gasteiger partial charge in [-0.15, -0.1) is 0 Å². The monoisotopic (exact) mass is 339 g/mol. The summed E-state index contributed by atoms with van der Waals surface area (Å²) < 4.78 is 0. The van der Waals surface area contributed by atoms with Crippen LogP contribution < -0.4 is 4.90 Å². The molecule has 1 fully saturated rings. The Balaban J connectivity index is 1.74. The topological polar surface area (TPSA) is 50.3 Å². The summed E-state index contributed by atoms with van der Waals surface area (Å²) in [7, 11) is -0.128. The molecule has 1 atom stereocenters. The third kappa shape index (κ3) is 2.63. The van der Waals surface area contributed by atoms with Crippen LogP contribution in [-0.4, -0.2) is 33.4 Å². The number of hydrogen-bond donors (Lipinski definition) is 0. The summed E-state index contributed by atoms with van der Waals surface area (Å²) in [5, 5.41) is -0.507. The molecule has 0 N–H and O–H groups in total. The average molecular weight is 339 g/mol. The highest BCUT2D eigenvalue weighted by molar-refractivity contribution is 7.99. The van der Waals surface area contributed by atoms with Gasteiger partial charge in [-0.05, 0) is 30.5 Å². The Morgan fingerprint density at radius 1 is 1.04 bits per heavy atom. The summed E-state index contributed by atoms with van der Waals surface area (Å²) in [5.41, 5.74) is 1.64. The molecule has 122 valence electrons. The molecule has 4 rings (SSSR count). The number of carbonyl (C=O) groups is 2. The van der Waals surface area contributed by atoms with Crippen LogP contribution in [-0.2, 0) is 22.2 Å². The van der Waals surface area contributed by atoms with Gasteiger partial charge < -0.3 is 0 Å². The van der Waals surface area contributed by atoms with Gasteiger partial charge in [0.2, 0.25) is 5.78 Å². The molecule has 1 unspecified atom stereocenters. The molecule has 0 spiro atoms. The first-order chi connectivity index (χ1) is 11.8.